The van der Waals surface area contributed by atoms with Crippen LogP contribution >= 0.6 is 0 Å². The van der Waals surface area contributed by atoms with Gasteiger partial charge in [-0.3, -0.25) is 0 Å². The number of hydrogen-bond acceptors (Lipinski definition) is 2. The Morgan fingerprint density at radius 3 is 2.00 bits per heavy atom. The van der Waals surface area contributed by atoms with Crippen molar-refractivity contribution < 1.29 is 0 Å². The predicted molar refractivity (Wildman–Crippen MR) is 61.8 cm³/mol. The zero-order chi connectivity index (χ0) is 11.1. The average Bonchev–Trinajstić information content (AvgIpc) is 2.83. The van der Waals surface area contributed by atoms with Gasteiger partial charge in [-0.2, -0.15) is 10.2 Å². The smallest absolute Gasteiger partial charge is 0.154 e. The molecule has 0 saturated carbocycles. The lowest BCUT2D eigenvalue weighted by Gasteiger charge is -2.18. The Hall–Kier alpha value is -1.18. The fourth-order valence-corrected chi connectivity index (χ4v) is 1.74. The Labute approximate surface area is 91.4 Å². The molecule has 1 aromatic rings. The maximum Gasteiger partial charge on any atom is 0.213 e. The third kappa shape index (κ3) is 2.44. The summed E-state index contributed by atoms with van der Waals surface area (Å²) >= 11 is 0. The van der Waals surface area contributed by atoms with Crippen molar-refractivity contribution >= 4 is 0 Å². The summed E-state index contributed by atoms with van der Waals surface area (Å²) in [5.41, 5.74) is 2.69. The second-order valence-electron chi connectivity index (χ2n) is 5.66. The topological polar surface area (TPSA) is 24.7 Å². The Bertz CT molecular complexity index is 376. The first kappa shape index (κ1) is 10.3. The van der Waals surface area contributed by atoms with Crippen LogP contribution in [0.1, 0.15) is 38.8 Å². The van der Waals surface area contributed by atoms with Crippen LogP contribution in [0, 0.1) is 5.41 Å². The normalized spacial score (nSPS) is 17.9. The van der Waals surface area contributed by atoms with Gasteiger partial charge in [0, 0.05) is 5.56 Å². The molecule has 1 aliphatic heterocycles. The van der Waals surface area contributed by atoms with E-state index in [1.165, 1.54) is 11.1 Å². The minimum Gasteiger partial charge on any atom is -0.154 e. The second-order valence-corrected chi connectivity index (χ2v) is 5.66. The molecule has 0 spiro atoms. The van der Waals surface area contributed by atoms with Gasteiger partial charge in [0.2, 0.25) is 5.66 Å². The van der Waals surface area contributed by atoms with E-state index >= 15 is 0 Å². The molecule has 0 fully saturated rings. The minimum absolute atomic E-state index is 0.236. The molecule has 2 nitrogen and oxygen atoms in total. The van der Waals surface area contributed by atoms with Crippen LogP contribution in [0.2, 0.25) is 0 Å². The Morgan fingerprint density at radius 1 is 1.07 bits per heavy atom. The van der Waals surface area contributed by atoms with Gasteiger partial charge in [0.15, 0.2) is 0 Å². The van der Waals surface area contributed by atoms with Crippen molar-refractivity contribution in [2.24, 2.45) is 15.6 Å². The molecule has 2 rings (SSSR count). The zero-order valence-electron chi connectivity index (χ0n) is 9.91. The molecule has 0 amide bonds. The van der Waals surface area contributed by atoms with Crippen molar-refractivity contribution in [3.05, 3.63) is 35.4 Å². The van der Waals surface area contributed by atoms with Gasteiger partial charge < -0.3 is 0 Å². The van der Waals surface area contributed by atoms with E-state index in [0.29, 0.717) is 5.41 Å². The van der Waals surface area contributed by atoms with Gasteiger partial charge in [0.1, 0.15) is 0 Å². The molecule has 0 atom stereocenters. The van der Waals surface area contributed by atoms with E-state index < -0.39 is 0 Å². The maximum atomic E-state index is 4.03. The van der Waals surface area contributed by atoms with E-state index in [4.69, 9.17) is 0 Å². The van der Waals surface area contributed by atoms with Crippen molar-refractivity contribution in [3.8, 4) is 0 Å². The molecule has 80 valence electrons. The molecule has 0 saturated heterocycles. The van der Waals surface area contributed by atoms with Gasteiger partial charge in [-0.25, -0.2) is 0 Å². The highest BCUT2D eigenvalue weighted by Crippen LogP contribution is 2.38. The van der Waals surface area contributed by atoms with Gasteiger partial charge in [-0.05, 0) is 24.3 Å². The molecule has 2 heteroatoms. The lowest BCUT2D eigenvalue weighted by atomic mass is 9.87. The zero-order valence-corrected chi connectivity index (χ0v) is 9.91. The molecule has 0 radical (unpaired) electrons. The summed E-state index contributed by atoms with van der Waals surface area (Å²) in [6.07, 6.45) is 1.11. The van der Waals surface area contributed by atoms with Gasteiger partial charge in [-0.15, -0.1) is 0 Å². The highest BCUT2D eigenvalue weighted by molar-refractivity contribution is 5.30. The van der Waals surface area contributed by atoms with E-state index in [9.17, 15) is 0 Å². The standard InChI is InChI=1S/C13H18N2/c1-12(2,3)9-10-5-7-11(8-6-10)13(4)14-15-13/h5-8H,9H2,1-4H3. The summed E-state index contributed by atoms with van der Waals surface area (Å²) in [5.74, 6) is 0. The van der Waals surface area contributed by atoms with Crippen molar-refractivity contribution in [2.45, 2.75) is 39.8 Å². The van der Waals surface area contributed by atoms with Crippen LogP contribution in [-0.4, -0.2) is 0 Å². The highest BCUT2D eigenvalue weighted by Gasteiger charge is 2.35. The summed E-state index contributed by atoms with van der Waals surface area (Å²) in [6.45, 7) is 8.81. The summed E-state index contributed by atoms with van der Waals surface area (Å²) in [7, 11) is 0. The third-order valence-electron chi connectivity index (χ3n) is 2.64. The molecule has 0 N–H and O–H groups in total. The summed E-state index contributed by atoms with van der Waals surface area (Å²) in [5, 5.41) is 8.07. The molecule has 1 aromatic carbocycles. The third-order valence-corrected chi connectivity index (χ3v) is 2.64. The second kappa shape index (κ2) is 3.16. The molecule has 0 bridgehead atoms. The first-order valence-corrected chi connectivity index (χ1v) is 5.43. The van der Waals surface area contributed by atoms with Crippen molar-refractivity contribution in [1.29, 1.82) is 0 Å². The first-order valence-electron chi connectivity index (χ1n) is 5.43. The highest BCUT2D eigenvalue weighted by atomic mass is 15.4. The Balaban J connectivity index is 2.11. The van der Waals surface area contributed by atoms with Crippen LogP contribution in [0.4, 0.5) is 0 Å². The first-order chi connectivity index (χ1) is 6.89. The monoisotopic (exact) mass is 202 g/mol. The van der Waals surface area contributed by atoms with Gasteiger partial charge in [-0.1, -0.05) is 45.0 Å². The van der Waals surface area contributed by atoms with Crippen LogP contribution in [-0.2, 0) is 12.1 Å². The van der Waals surface area contributed by atoms with Gasteiger partial charge in [0.05, 0.1) is 0 Å². The summed E-state index contributed by atoms with van der Waals surface area (Å²) in [4.78, 5) is 0. The van der Waals surface area contributed by atoms with Crippen molar-refractivity contribution in [1.82, 2.24) is 0 Å². The summed E-state index contributed by atoms with van der Waals surface area (Å²) < 4.78 is 0. The van der Waals surface area contributed by atoms with Gasteiger partial charge in [0.25, 0.3) is 0 Å². The van der Waals surface area contributed by atoms with Crippen molar-refractivity contribution in [3.63, 3.8) is 0 Å². The lowest BCUT2D eigenvalue weighted by Crippen LogP contribution is -2.09. The van der Waals surface area contributed by atoms with E-state index in [2.05, 4.69) is 55.3 Å². The molecule has 1 aliphatic rings. The SMILES string of the molecule is CC(C)(C)Cc1ccc(C2(C)N=N2)cc1. The molecular weight excluding hydrogens is 184 g/mol. The molecule has 0 unspecified atom stereocenters. The van der Waals surface area contributed by atoms with Crippen molar-refractivity contribution in [2.75, 3.05) is 0 Å². The van der Waals surface area contributed by atoms with Crippen LogP contribution in [0.25, 0.3) is 0 Å². The van der Waals surface area contributed by atoms with E-state index in [1.54, 1.807) is 0 Å². The average molecular weight is 202 g/mol. The van der Waals surface area contributed by atoms with E-state index in [0.717, 1.165) is 6.42 Å². The number of rotatable bonds is 2. The maximum absolute atomic E-state index is 4.03. The Morgan fingerprint density at radius 2 is 1.60 bits per heavy atom. The van der Waals surface area contributed by atoms with Gasteiger partial charge >= 0.3 is 0 Å². The number of benzene rings is 1. The molecule has 0 aromatic heterocycles. The van der Waals surface area contributed by atoms with E-state index in [-0.39, 0.29) is 5.66 Å². The Kier molecular flexibility index (Phi) is 2.18. The minimum atomic E-state index is -0.236. The lowest BCUT2D eigenvalue weighted by molar-refractivity contribution is 0.411. The molecular formula is C13H18N2. The molecule has 0 aliphatic carbocycles. The van der Waals surface area contributed by atoms with Crippen LogP contribution in [0.3, 0.4) is 0 Å². The van der Waals surface area contributed by atoms with E-state index in [1.807, 2.05) is 6.92 Å². The van der Waals surface area contributed by atoms with Crippen LogP contribution in [0.5, 0.6) is 0 Å². The fourth-order valence-electron chi connectivity index (χ4n) is 1.74. The molecule has 1 heterocycles. The molecule has 15 heavy (non-hydrogen) atoms. The predicted octanol–water partition coefficient (Wildman–Crippen LogP) is 3.91. The quantitative estimate of drug-likeness (QED) is 0.694. The summed E-state index contributed by atoms with van der Waals surface area (Å²) in [6, 6.07) is 8.66. The number of hydrogen-bond donors (Lipinski definition) is 0. The van der Waals surface area contributed by atoms with Crippen LogP contribution < -0.4 is 0 Å². The largest absolute Gasteiger partial charge is 0.213 e. The fraction of sp³-hybridized carbons (Fsp3) is 0.538. The van der Waals surface area contributed by atoms with Crippen LogP contribution in [0.15, 0.2) is 34.5 Å². The number of nitrogens with zero attached hydrogens (tertiary/aromatic N) is 2.